The lowest BCUT2D eigenvalue weighted by atomic mass is 9.88. The van der Waals surface area contributed by atoms with Gasteiger partial charge in [0.25, 0.3) is 0 Å². The number of aryl methyl sites for hydroxylation is 1. The summed E-state index contributed by atoms with van der Waals surface area (Å²) in [4.78, 5) is 13.9. The predicted octanol–water partition coefficient (Wildman–Crippen LogP) is 4.17. The summed E-state index contributed by atoms with van der Waals surface area (Å²) in [7, 11) is 0. The lowest BCUT2D eigenvalue weighted by molar-refractivity contribution is -0.0401. The molecule has 0 spiro atoms. The Morgan fingerprint density at radius 2 is 2.14 bits per heavy atom. The standard InChI is InChI=1S/C22H28N4O3/c1-4-6-16-15-11-28-22(2,3)9-14(15)17-18-19(29-21(17)26-16)20(25-12-24-18)23-10-13-7-5-8-27-13/h12-13H,4-11H2,1-3H3,(H,23,24,25)/t13-/m0/s1. The number of furan rings is 1. The zero-order valence-electron chi connectivity index (χ0n) is 17.4. The highest BCUT2D eigenvalue weighted by Crippen LogP contribution is 2.39. The fraction of sp³-hybridized carbons (Fsp3) is 0.591. The second-order valence-corrected chi connectivity index (χ2v) is 8.69. The molecule has 3 aromatic heterocycles. The van der Waals surface area contributed by atoms with Crippen molar-refractivity contribution in [2.24, 2.45) is 0 Å². The van der Waals surface area contributed by atoms with E-state index in [1.165, 1.54) is 11.1 Å². The van der Waals surface area contributed by atoms with Crippen molar-refractivity contribution in [1.29, 1.82) is 0 Å². The second-order valence-electron chi connectivity index (χ2n) is 8.69. The van der Waals surface area contributed by atoms with Crippen LogP contribution < -0.4 is 5.32 Å². The highest BCUT2D eigenvalue weighted by molar-refractivity contribution is 6.06. The van der Waals surface area contributed by atoms with Crippen LogP contribution in [0.15, 0.2) is 10.7 Å². The minimum absolute atomic E-state index is 0.220. The van der Waals surface area contributed by atoms with E-state index < -0.39 is 0 Å². The van der Waals surface area contributed by atoms with Crippen molar-refractivity contribution < 1.29 is 13.9 Å². The number of rotatable bonds is 5. The maximum atomic E-state index is 6.24. The molecule has 1 atom stereocenters. The third kappa shape index (κ3) is 3.36. The molecule has 5 heterocycles. The van der Waals surface area contributed by atoms with Gasteiger partial charge in [0, 0.05) is 25.1 Å². The fourth-order valence-corrected chi connectivity index (χ4v) is 4.46. The van der Waals surface area contributed by atoms with Crippen molar-refractivity contribution in [2.45, 2.75) is 71.2 Å². The Hall–Kier alpha value is -2.25. The van der Waals surface area contributed by atoms with Gasteiger partial charge in [-0.2, -0.15) is 0 Å². The number of pyridine rings is 1. The van der Waals surface area contributed by atoms with Gasteiger partial charge in [0.15, 0.2) is 11.4 Å². The number of hydrogen-bond acceptors (Lipinski definition) is 7. The summed E-state index contributed by atoms with van der Waals surface area (Å²) in [6.45, 7) is 8.58. The van der Waals surface area contributed by atoms with Crippen LogP contribution in [0.2, 0.25) is 0 Å². The molecule has 7 nitrogen and oxygen atoms in total. The van der Waals surface area contributed by atoms with Crippen molar-refractivity contribution >= 4 is 28.0 Å². The van der Waals surface area contributed by atoms with Gasteiger partial charge < -0.3 is 19.2 Å². The molecule has 2 aliphatic rings. The molecule has 3 aromatic rings. The highest BCUT2D eigenvalue weighted by atomic mass is 16.5. The van der Waals surface area contributed by atoms with E-state index in [0.717, 1.165) is 61.9 Å². The minimum Gasteiger partial charge on any atom is -0.432 e. The molecule has 29 heavy (non-hydrogen) atoms. The van der Waals surface area contributed by atoms with Crippen LogP contribution in [0.3, 0.4) is 0 Å². The predicted molar refractivity (Wildman–Crippen MR) is 111 cm³/mol. The molecule has 1 saturated heterocycles. The molecule has 0 amide bonds. The van der Waals surface area contributed by atoms with Crippen LogP contribution in [0.25, 0.3) is 22.2 Å². The van der Waals surface area contributed by atoms with E-state index in [1.54, 1.807) is 6.33 Å². The molecular weight excluding hydrogens is 368 g/mol. The van der Waals surface area contributed by atoms with Gasteiger partial charge in [-0.25, -0.2) is 15.0 Å². The number of nitrogens with zero attached hydrogens (tertiary/aromatic N) is 3. The summed E-state index contributed by atoms with van der Waals surface area (Å²) < 4.78 is 18.1. The molecular formula is C22H28N4O3. The van der Waals surface area contributed by atoms with Crippen molar-refractivity contribution in [3.05, 3.63) is 23.1 Å². The average molecular weight is 396 g/mol. The van der Waals surface area contributed by atoms with Crippen LogP contribution in [0, 0.1) is 0 Å². The van der Waals surface area contributed by atoms with Crippen LogP contribution in [-0.2, 0) is 28.9 Å². The number of anilines is 1. The zero-order chi connectivity index (χ0) is 20.0. The Morgan fingerprint density at radius 3 is 2.93 bits per heavy atom. The van der Waals surface area contributed by atoms with E-state index in [2.05, 4.69) is 36.1 Å². The largest absolute Gasteiger partial charge is 0.432 e. The number of fused-ring (bicyclic) bond motifs is 5. The smallest absolute Gasteiger partial charge is 0.229 e. The monoisotopic (exact) mass is 396 g/mol. The summed E-state index contributed by atoms with van der Waals surface area (Å²) in [6.07, 6.45) is 6.78. The van der Waals surface area contributed by atoms with Gasteiger partial charge in [-0.15, -0.1) is 0 Å². The SMILES string of the molecule is CCCc1nc2oc3c(NC[C@@H]4CCCO4)ncnc3c2c2c1COC(C)(C)C2. The normalized spacial score (nSPS) is 21.0. The molecule has 2 aliphatic heterocycles. The van der Waals surface area contributed by atoms with E-state index in [0.29, 0.717) is 23.7 Å². The van der Waals surface area contributed by atoms with Crippen molar-refractivity contribution in [3.63, 3.8) is 0 Å². The van der Waals surface area contributed by atoms with E-state index >= 15 is 0 Å². The Kier molecular flexibility index (Phi) is 4.67. The number of hydrogen-bond donors (Lipinski definition) is 1. The lowest BCUT2D eigenvalue weighted by Crippen LogP contribution is -2.32. The first-order chi connectivity index (χ1) is 14.1. The topological polar surface area (TPSA) is 82.3 Å². The van der Waals surface area contributed by atoms with Gasteiger partial charge in [-0.05, 0) is 38.7 Å². The van der Waals surface area contributed by atoms with Gasteiger partial charge in [0.05, 0.1) is 29.4 Å². The Balaban J connectivity index is 1.64. The third-order valence-corrected chi connectivity index (χ3v) is 5.92. The first-order valence-corrected chi connectivity index (χ1v) is 10.6. The second kappa shape index (κ2) is 7.22. The maximum absolute atomic E-state index is 6.24. The van der Waals surface area contributed by atoms with Crippen molar-refractivity contribution in [2.75, 3.05) is 18.5 Å². The first-order valence-electron chi connectivity index (χ1n) is 10.6. The van der Waals surface area contributed by atoms with Crippen molar-refractivity contribution in [3.8, 4) is 0 Å². The van der Waals surface area contributed by atoms with Crippen molar-refractivity contribution in [1.82, 2.24) is 15.0 Å². The van der Waals surface area contributed by atoms with Gasteiger partial charge in [-0.3, -0.25) is 0 Å². The molecule has 1 fully saturated rings. The summed E-state index contributed by atoms with van der Waals surface area (Å²) in [5, 5.41) is 4.41. The molecule has 154 valence electrons. The summed E-state index contributed by atoms with van der Waals surface area (Å²) in [6, 6.07) is 0. The Bertz CT molecular complexity index is 1050. The van der Waals surface area contributed by atoms with E-state index in [-0.39, 0.29) is 11.7 Å². The molecule has 0 radical (unpaired) electrons. The lowest BCUT2D eigenvalue weighted by Gasteiger charge is -2.33. The molecule has 0 aromatic carbocycles. The quantitative estimate of drug-likeness (QED) is 0.693. The number of aromatic nitrogens is 3. The van der Waals surface area contributed by atoms with Gasteiger partial charge in [0.1, 0.15) is 11.8 Å². The van der Waals surface area contributed by atoms with Crippen LogP contribution in [0.4, 0.5) is 5.82 Å². The molecule has 0 aliphatic carbocycles. The molecule has 5 rings (SSSR count). The van der Waals surface area contributed by atoms with Crippen LogP contribution >= 0.6 is 0 Å². The first kappa shape index (κ1) is 18.8. The zero-order valence-corrected chi connectivity index (χ0v) is 17.4. The number of nitrogens with one attached hydrogen (secondary N) is 1. The molecule has 7 heteroatoms. The van der Waals surface area contributed by atoms with E-state index in [1.807, 2.05) is 0 Å². The van der Waals surface area contributed by atoms with Gasteiger partial charge in [0.2, 0.25) is 5.71 Å². The Morgan fingerprint density at radius 1 is 1.24 bits per heavy atom. The van der Waals surface area contributed by atoms with Crippen LogP contribution in [0.1, 0.15) is 56.9 Å². The van der Waals surface area contributed by atoms with Gasteiger partial charge in [-0.1, -0.05) is 13.3 Å². The maximum Gasteiger partial charge on any atom is 0.229 e. The molecule has 0 unspecified atom stereocenters. The highest BCUT2D eigenvalue weighted by Gasteiger charge is 2.32. The Labute approximate surface area is 170 Å². The third-order valence-electron chi connectivity index (χ3n) is 5.92. The van der Waals surface area contributed by atoms with E-state index in [9.17, 15) is 0 Å². The average Bonchev–Trinajstić information content (AvgIpc) is 3.33. The molecule has 0 saturated carbocycles. The van der Waals surface area contributed by atoms with Gasteiger partial charge >= 0.3 is 0 Å². The molecule has 0 bridgehead atoms. The van der Waals surface area contributed by atoms with E-state index in [4.69, 9.17) is 18.9 Å². The fourth-order valence-electron chi connectivity index (χ4n) is 4.46. The number of ether oxygens (including phenoxy) is 2. The summed E-state index contributed by atoms with van der Waals surface area (Å²) in [5.41, 5.74) is 5.47. The van der Waals surface area contributed by atoms with Crippen LogP contribution in [-0.4, -0.2) is 39.8 Å². The minimum atomic E-state index is -0.220. The summed E-state index contributed by atoms with van der Waals surface area (Å²) in [5.74, 6) is 0.709. The van der Waals surface area contributed by atoms with Crippen LogP contribution in [0.5, 0.6) is 0 Å². The summed E-state index contributed by atoms with van der Waals surface area (Å²) >= 11 is 0. The molecule has 1 N–H and O–H groups in total.